The molecule has 0 heterocycles. The van der Waals surface area contributed by atoms with E-state index in [-0.39, 0.29) is 11.7 Å². The summed E-state index contributed by atoms with van der Waals surface area (Å²) in [6, 6.07) is 5.71. The molecule has 2 rings (SSSR count). The lowest BCUT2D eigenvalue weighted by Crippen LogP contribution is -2.27. The molecule has 0 saturated heterocycles. The van der Waals surface area contributed by atoms with E-state index in [0.29, 0.717) is 5.56 Å². The van der Waals surface area contributed by atoms with E-state index in [4.69, 9.17) is 4.74 Å². The zero-order chi connectivity index (χ0) is 14.5. The lowest BCUT2D eigenvalue weighted by Gasteiger charge is -2.25. The molecule has 1 atom stereocenters. The molecule has 0 bridgehead atoms. The standard InChI is InChI=1S/C16H19FO3/c1-11(18)20-16(13-8-5-9-14(17)10-13)15(19)12-6-3-2-4-7-12/h5,8-10,12,16H,2-4,6-7H2,1H3/t16-/m0/s1. The highest BCUT2D eigenvalue weighted by atomic mass is 19.1. The summed E-state index contributed by atoms with van der Waals surface area (Å²) in [4.78, 5) is 23.8. The second-order valence-corrected chi connectivity index (χ2v) is 5.28. The average Bonchev–Trinajstić information content (AvgIpc) is 2.45. The first-order valence-corrected chi connectivity index (χ1v) is 7.04. The minimum atomic E-state index is -0.980. The van der Waals surface area contributed by atoms with Crippen molar-refractivity contribution in [2.24, 2.45) is 5.92 Å². The summed E-state index contributed by atoms with van der Waals surface area (Å²) in [6.07, 6.45) is 3.85. The minimum absolute atomic E-state index is 0.0867. The fraction of sp³-hybridized carbons (Fsp3) is 0.500. The third-order valence-electron chi connectivity index (χ3n) is 3.70. The van der Waals surface area contributed by atoms with E-state index >= 15 is 0 Å². The summed E-state index contributed by atoms with van der Waals surface area (Å²) in [5.41, 5.74) is 0.413. The Morgan fingerprint density at radius 1 is 1.25 bits per heavy atom. The lowest BCUT2D eigenvalue weighted by atomic mass is 9.83. The van der Waals surface area contributed by atoms with E-state index in [2.05, 4.69) is 0 Å². The van der Waals surface area contributed by atoms with Crippen LogP contribution in [0.4, 0.5) is 4.39 Å². The number of ketones is 1. The number of hydrogen-bond acceptors (Lipinski definition) is 3. The highest BCUT2D eigenvalue weighted by Gasteiger charge is 2.31. The molecule has 0 N–H and O–H groups in total. The molecule has 3 nitrogen and oxygen atoms in total. The Kier molecular flexibility index (Phi) is 4.88. The van der Waals surface area contributed by atoms with Crippen LogP contribution >= 0.6 is 0 Å². The van der Waals surface area contributed by atoms with Crippen molar-refractivity contribution in [2.45, 2.75) is 45.1 Å². The fourth-order valence-electron chi connectivity index (χ4n) is 2.73. The van der Waals surface area contributed by atoms with Crippen molar-refractivity contribution in [1.82, 2.24) is 0 Å². The number of Topliss-reactive ketones (excluding diaryl/α,β-unsaturated/α-hetero) is 1. The van der Waals surface area contributed by atoms with Crippen molar-refractivity contribution in [1.29, 1.82) is 0 Å². The molecule has 1 aromatic rings. The molecule has 0 radical (unpaired) electrons. The number of halogens is 1. The van der Waals surface area contributed by atoms with Gasteiger partial charge in [-0.2, -0.15) is 0 Å². The van der Waals surface area contributed by atoms with Gasteiger partial charge in [-0.25, -0.2) is 4.39 Å². The van der Waals surface area contributed by atoms with Crippen LogP contribution in [0.3, 0.4) is 0 Å². The van der Waals surface area contributed by atoms with E-state index in [9.17, 15) is 14.0 Å². The summed E-state index contributed by atoms with van der Waals surface area (Å²) >= 11 is 0. The molecule has 0 spiro atoms. The zero-order valence-electron chi connectivity index (χ0n) is 11.6. The van der Waals surface area contributed by atoms with E-state index < -0.39 is 17.9 Å². The molecule has 4 heteroatoms. The Balaban J connectivity index is 2.22. The summed E-state index contributed by atoms with van der Waals surface area (Å²) in [7, 11) is 0. The van der Waals surface area contributed by atoms with E-state index in [1.165, 1.54) is 25.1 Å². The van der Waals surface area contributed by atoms with Gasteiger partial charge in [0.25, 0.3) is 0 Å². The number of ether oxygens (including phenoxy) is 1. The third-order valence-corrected chi connectivity index (χ3v) is 3.70. The summed E-state index contributed by atoms with van der Waals surface area (Å²) in [5.74, 6) is -1.15. The first-order valence-electron chi connectivity index (χ1n) is 7.04. The fourth-order valence-corrected chi connectivity index (χ4v) is 2.73. The van der Waals surface area contributed by atoms with Gasteiger partial charge in [-0.05, 0) is 25.0 Å². The van der Waals surface area contributed by atoms with E-state index in [0.717, 1.165) is 32.1 Å². The molecule has 1 saturated carbocycles. The normalized spacial score (nSPS) is 17.5. The van der Waals surface area contributed by atoms with Gasteiger partial charge in [0.2, 0.25) is 0 Å². The molecule has 1 aliphatic rings. The average molecular weight is 278 g/mol. The van der Waals surface area contributed by atoms with Gasteiger partial charge >= 0.3 is 5.97 Å². The molecule has 1 fully saturated rings. The van der Waals surface area contributed by atoms with Crippen LogP contribution in [0.25, 0.3) is 0 Å². The van der Waals surface area contributed by atoms with Crippen molar-refractivity contribution in [2.75, 3.05) is 0 Å². The number of esters is 1. The first-order chi connectivity index (χ1) is 9.58. The topological polar surface area (TPSA) is 43.4 Å². The highest BCUT2D eigenvalue weighted by molar-refractivity contribution is 5.88. The Hall–Kier alpha value is -1.71. The van der Waals surface area contributed by atoms with Crippen LogP contribution in [0.1, 0.15) is 50.7 Å². The second kappa shape index (κ2) is 6.64. The Morgan fingerprint density at radius 3 is 2.55 bits per heavy atom. The van der Waals surface area contributed by atoms with Gasteiger partial charge in [-0.3, -0.25) is 9.59 Å². The van der Waals surface area contributed by atoms with Crippen LogP contribution in [-0.4, -0.2) is 11.8 Å². The van der Waals surface area contributed by atoms with Crippen LogP contribution in [0.2, 0.25) is 0 Å². The maximum absolute atomic E-state index is 13.3. The summed E-state index contributed by atoms with van der Waals surface area (Å²) < 4.78 is 18.5. The number of carbonyl (C=O) groups is 2. The van der Waals surface area contributed by atoms with Gasteiger partial charge in [0.1, 0.15) is 5.82 Å². The van der Waals surface area contributed by atoms with Gasteiger partial charge in [0, 0.05) is 18.4 Å². The predicted octanol–water partition coefficient (Wildman–Crippen LogP) is 3.58. The van der Waals surface area contributed by atoms with Crippen LogP contribution in [-0.2, 0) is 14.3 Å². The molecular weight excluding hydrogens is 259 g/mol. The molecule has 1 aromatic carbocycles. The smallest absolute Gasteiger partial charge is 0.303 e. The summed E-state index contributed by atoms with van der Waals surface area (Å²) in [6.45, 7) is 1.26. The molecule has 0 aromatic heterocycles. The van der Waals surface area contributed by atoms with Crippen molar-refractivity contribution >= 4 is 11.8 Å². The van der Waals surface area contributed by atoms with Gasteiger partial charge in [-0.15, -0.1) is 0 Å². The van der Waals surface area contributed by atoms with Gasteiger partial charge < -0.3 is 4.74 Å². The van der Waals surface area contributed by atoms with Crippen LogP contribution in [0.5, 0.6) is 0 Å². The molecule has 20 heavy (non-hydrogen) atoms. The predicted molar refractivity (Wildman–Crippen MR) is 72.5 cm³/mol. The Labute approximate surface area is 118 Å². The molecular formula is C16H19FO3. The minimum Gasteiger partial charge on any atom is -0.450 e. The van der Waals surface area contributed by atoms with Crippen molar-refractivity contribution in [3.63, 3.8) is 0 Å². The quantitative estimate of drug-likeness (QED) is 0.791. The lowest BCUT2D eigenvalue weighted by molar-refractivity contribution is -0.155. The van der Waals surface area contributed by atoms with Crippen LogP contribution in [0.15, 0.2) is 24.3 Å². The second-order valence-electron chi connectivity index (χ2n) is 5.28. The molecule has 1 aliphatic carbocycles. The number of rotatable bonds is 4. The number of benzene rings is 1. The van der Waals surface area contributed by atoms with Gasteiger partial charge in [0.15, 0.2) is 11.9 Å². The maximum Gasteiger partial charge on any atom is 0.303 e. The van der Waals surface area contributed by atoms with Crippen molar-refractivity contribution in [3.8, 4) is 0 Å². The molecule has 0 aliphatic heterocycles. The zero-order valence-corrected chi connectivity index (χ0v) is 11.6. The Morgan fingerprint density at radius 2 is 1.95 bits per heavy atom. The van der Waals surface area contributed by atoms with Gasteiger partial charge in [0.05, 0.1) is 0 Å². The molecule has 0 amide bonds. The largest absolute Gasteiger partial charge is 0.450 e. The van der Waals surface area contributed by atoms with Crippen LogP contribution < -0.4 is 0 Å². The maximum atomic E-state index is 13.3. The Bertz CT molecular complexity index is 492. The van der Waals surface area contributed by atoms with E-state index in [1.807, 2.05) is 0 Å². The number of hydrogen-bond donors (Lipinski definition) is 0. The monoisotopic (exact) mass is 278 g/mol. The van der Waals surface area contributed by atoms with Crippen molar-refractivity contribution in [3.05, 3.63) is 35.6 Å². The van der Waals surface area contributed by atoms with E-state index in [1.54, 1.807) is 6.07 Å². The van der Waals surface area contributed by atoms with Crippen molar-refractivity contribution < 1.29 is 18.7 Å². The van der Waals surface area contributed by atoms with Gasteiger partial charge in [-0.1, -0.05) is 31.4 Å². The number of carbonyl (C=O) groups excluding carboxylic acids is 2. The highest BCUT2D eigenvalue weighted by Crippen LogP contribution is 2.31. The molecule has 108 valence electrons. The molecule has 0 unspecified atom stereocenters. The summed E-state index contributed by atoms with van der Waals surface area (Å²) in [5, 5.41) is 0. The third kappa shape index (κ3) is 3.65. The SMILES string of the molecule is CC(=O)O[C@H](C(=O)C1CCCCC1)c1cccc(F)c1. The van der Waals surface area contributed by atoms with Crippen LogP contribution in [0, 0.1) is 11.7 Å². The first kappa shape index (κ1) is 14.7.